The molecule has 0 unspecified atom stereocenters. The molecule has 112 valence electrons. The van der Waals surface area contributed by atoms with Gasteiger partial charge in [-0.2, -0.15) is 13.2 Å². The van der Waals surface area contributed by atoms with Gasteiger partial charge in [-0.15, -0.1) is 0 Å². The lowest BCUT2D eigenvalue weighted by Crippen LogP contribution is -2.08. The minimum Gasteiger partial charge on any atom is -0.497 e. The van der Waals surface area contributed by atoms with Crippen LogP contribution in [0.1, 0.15) is 30.0 Å². The average Bonchev–Trinajstić information content (AvgIpc) is 2.45. The molecule has 21 heavy (non-hydrogen) atoms. The van der Waals surface area contributed by atoms with Crippen LogP contribution in [0.2, 0.25) is 0 Å². The quantitative estimate of drug-likeness (QED) is 0.754. The van der Waals surface area contributed by atoms with E-state index in [1.54, 1.807) is 12.1 Å². The molecule has 0 saturated heterocycles. The molecule has 2 nitrogen and oxygen atoms in total. The number of rotatable bonds is 4. The van der Waals surface area contributed by atoms with Crippen LogP contribution < -0.4 is 0 Å². The lowest BCUT2D eigenvalue weighted by molar-refractivity contribution is -0.136. The molecular weight excluding hydrogens is 279 g/mol. The van der Waals surface area contributed by atoms with Crippen LogP contribution in [0.3, 0.4) is 0 Å². The van der Waals surface area contributed by atoms with Crippen molar-refractivity contribution in [2.75, 3.05) is 7.11 Å². The van der Waals surface area contributed by atoms with Gasteiger partial charge in [-0.25, -0.2) is 0 Å². The van der Waals surface area contributed by atoms with Crippen molar-refractivity contribution in [3.63, 3.8) is 0 Å². The Morgan fingerprint density at radius 1 is 1.33 bits per heavy atom. The number of halogens is 3. The van der Waals surface area contributed by atoms with Crippen LogP contribution in [-0.2, 0) is 17.3 Å². The molecule has 1 aromatic carbocycles. The zero-order chi connectivity index (χ0) is 15.6. The number of pyridine rings is 1. The van der Waals surface area contributed by atoms with E-state index in [-0.39, 0.29) is 11.3 Å². The Balaban J connectivity index is 2.81. The van der Waals surface area contributed by atoms with E-state index in [0.29, 0.717) is 17.4 Å². The fourth-order valence-corrected chi connectivity index (χ4v) is 2.29. The molecule has 0 aliphatic rings. The number of ether oxygens (including phenoxy) is 1. The molecule has 1 heterocycles. The first-order chi connectivity index (χ1) is 9.88. The van der Waals surface area contributed by atoms with E-state index < -0.39 is 11.7 Å². The van der Waals surface area contributed by atoms with Crippen LogP contribution in [0, 0.1) is 0 Å². The number of nitrogens with zero attached hydrogens (tertiary/aromatic N) is 1. The van der Waals surface area contributed by atoms with Crippen LogP contribution in [-0.4, -0.2) is 12.1 Å². The topological polar surface area (TPSA) is 22.1 Å². The zero-order valence-corrected chi connectivity index (χ0v) is 11.9. The van der Waals surface area contributed by atoms with Gasteiger partial charge in [-0.3, -0.25) is 4.98 Å². The van der Waals surface area contributed by atoms with Gasteiger partial charge in [-0.05, 0) is 30.2 Å². The maximum atomic E-state index is 13.3. The third-order valence-corrected chi connectivity index (χ3v) is 3.33. The third kappa shape index (κ3) is 3.01. The Morgan fingerprint density at radius 2 is 2.05 bits per heavy atom. The molecule has 2 rings (SSSR count). The summed E-state index contributed by atoms with van der Waals surface area (Å²) >= 11 is 0. The van der Waals surface area contributed by atoms with Crippen molar-refractivity contribution in [3.05, 3.63) is 47.7 Å². The summed E-state index contributed by atoms with van der Waals surface area (Å²) in [6.07, 6.45) is -1.51. The fraction of sp³-hybridized carbons (Fsp3) is 0.312. The minimum absolute atomic E-state index is 0.0268. The highest BCUT2D eigenvalue weighted by Gasteiger charge is 2.34. The second-order valence-corrected chi connectivity index (χ2v) is 4.77. The molecule has 0 atom stereocenters. The first-order valence-corrected chi connectivity index (χ1v) is 6.60. The Kier molecular flexibility index (Phi) is 4.21. The van der Waals surface area contributed by atoms with Crippen LogP contribution in [0.4, 0.5) is 13.2 Å². The van der Waals surface area contributed by atoms with Gasteiger partial charge in [0.15, 0.2) is 0 Å². The molecule has 5 heteroatoms. The Labute approximate surface area is 121 Å². The predicted octanol–water partition coefficient (Wildman–Crippen LogP) is 4.82. The van der Waals surface area contributed by atoms with Crippen LogP contribution in [0.25, 0.3) is 16.7 Å². The van der Waals surface area contributed by atoms with Gasteiger partial charge in [0.2, 0.25) is 0 Å². The van der Waals surface area contributed by atoms with Crippen molar-refractivity contribution in [1.82, 2.24) is 4.98 Å². The van der Waals surface area contributed by atoms with E-state index >= 15 is 0 Å². The summed E-state index contributed by atoms with van der Waals surface area (Å²) in [7, 11) is 1.38. The van der Waals surface area contributed by atoms with Crippen molar-refractivity contribution in [2.24, 2.45) is 0 Å². The smallest absolute Gasteiger partial charge is 0.418 e. The number of methoxy groups -OCH3 is 1. The number of hydrogen-bond acceptors (Lipinski definition) is 2. The molecule has 2 aromatic rings. The Hall–Kier alpha value is -2.04. The first-order valence-electron chi connectivity index (χ1n) is 6.60. The van der Waals surface area contributed by atoms with Gasteiger partial charge < -0.3 is 4.74 Å². The van der Waals surface area contributed by atoms with Gasteiger partial charge in [-0.1, -0.05) is 19.9 Å². The van der Waals surface area contributed by atoms with Crippen LogP contribution >= 0.6 is 0 Å². The lowest BCUT2D eigenvalue weighted by Gasteiger charge is -2.15. The largest absolute Gasteiger partial charge is 0.497 e. The van der Waals surface area contributed by atoms with Crippen molar-refractivity contribution >= 4 is 16.7 Å². The van der Waals surface area contributed by atoms with E-state index in [2.05, 4.69) is 11.6 Å². The highest BCUT2D eigenvalue weighted by atomic mass is 19.4. The number of hydrogen-bond donors (Lipinski definition) is 0. The van der Waals surface area contributed by atoms with Gasteiger partial charge in [0, 0.05) is 17.1 Å². The summed E-state index contributed by atoms with van der Waals surface area (Å²) in [4.78, 5) is 3.93. The summed E-state index contributed by atoms with van der Waals surface area (Å²) < 4.78 is 44.8. The maximum absolute atomic E-state index is 13.3. The summed E-state index contributed by atoms with van der Waals surface area (Å²) in [5.41, 5.74) is 0.383. The summed E-state index contributed by atoms with van der Waals surface area (Å²) in [5.74, 6) is 0.203. The second-order valence-electron chi connectivity index (χ2n) is 4.77. The standard InChI is InChI=1S/C16H16F3NO/c1-4-5-11-6-7-20-15-13(11)8-12(10(2)21-3)9-14(15)16(17,18)19/h6-9H,2,4-5H2,1,3H3. The highest BCUT2D eigenvalue weighted by molar-refractivity contribution is 5.88. The SMILES string of the molecule is C=C(OC)c1cc(C(F)(F)F)c2nccc(CCC)c2c1. The molecular formula is C16H16F3NO. The Bertz CT molecular complexity index is 677. The fourth-order valence-electron chi connectivity index (χ4n) is 2.29. The molecule has 0 aliphatic heterocycles. The van der Waals surface area contributed by atoms with Crippen molar-refractivity contribution in [3.8, 4) is 0 Å². The average molecular weight is 295 g/mol. The number of aromatic nitrogens is 1. The number of benzene rings is 1. The summed E-state index contributed by atoms with van der Waals surface area (Å²) in [6, 6.07) is 4.45. The molecule has 0 amide bonds. The number of aryl methyl sites for hydroxylation is 1. The highest BCUT2D eigenvalue weighted by Crippen LogP contribution is 2.37. The molecule has 0 saturated carbocycles. The molecule has 0 fully saturated rings. The zero-order valence-electron chi connectivity index (χ0n) is 11.9. The van der Waals surface area contributed by atoms with E-state index in [4.69, 9.17) is 4.74 Å². The van der Waals surface area contributed by atoms with E-state index in [9.17, 15) is 13.2 Å². The summed E-state index contributed by atoms with van der Waals surface area (Å²) in [6.45, 7) is 5.62. The van der Waals surface area contributed by atoms with Crippen LogP contribution in [0.15, 0.2) is 31.0 Å². The predicted molar refractivity (Wildman–Crippen MR) is 76.8 cm³/mol. The molecule has 1 aromatic heterocycles. The molecule has 0 spiro atoms. The van der Waals surface area contributed by atoms with Crippen molar-refractivity contribution in [2.45, 2.75) is 25.9 Å². The third-order valence-electron chi connectivity index (χ3n) is 3.33. The molecule has 0 bridgehead atoms. The van der Waals surface area contributed by atoms with Crippen molar-refractivity contribution < 1.29 is 17.9 Å². The minimum atomic E-state index is -4.47. The van der Waals surface area contributed by atoms with Crippen molar-refractivity contribution in [1.29, 1.82) is 0 Å². The Morgan fingerprint density at radius 3 is 2.62 bits per heavy atom. The number of fused-ring (bicyclic) bond motifs is 1. The lowest BCUT2D eigenvalue weighted by atomic mass is 9.98. The second kappa shape index (κ2) is 5.76. The van der Waals surface area contributed by atoms with Gasteiger partial charge in [0.1, 0.15) is 5.76 Å². The summed E-state index contributed by atoms with van der Waals surface area (Å²) in [5, 5.41) is 0.502. The van der Waals surface area contributed by atoms with Gasteiger partial charge in [0.25, 0.3) is 0 Å². The van der Waals surface area contributed by atoms with E-state index in [0.717, 1.165) is 18.1 Å². The van der Waals surface area contributed by atoms with Gasteiger partial charge in [0.05, 0.1) is 18.2 Å². The monoisotopic (exact) mass is 295 g/mol. The van der Waals surface area contributed by atoms with Gasteiger partial charge >= 0.3 is 6.18 Å². The molecule has 0 radical (unpaired) electrons. The molecule has 0 aliphatic carbocycles. The van der Waals surface area contributed by atoms with E-state index in [1.165, 1.54) is 13.3 Å². The molecule has 0 N–H and O–H groups in total. The first kappa shape index (κ1) is 15.4. The van der Waals surface area contributed by atoms with E-state index in [1.807, 2.05) is 6.92 Å². The normalized spacial score (nSPS) is 11.7. The van der Waals surface area contributed by atoms with Crippen LogP contribution in [0.5, 0.6) is 0 Å². The number of alkyl halides is 3. The maximum Gasteiger partial charge on any atom is 0.418 e.